The summed E-state index contributed by atoms with van der Waals surface area (Å²) in [7, 11) is 0. The first-order chi connectivity index (χ1) is 15.2. The quantitative estimate of drug-likeness (QED) is 0.0979. The van der Waals surface area contributed by atoms with E-state index < -0.39 is 35.3 Å². The Labute approximate surface area is 207 Å². The van der Waals surface area contributed by atoms with Crippen LogP contribution in [-0.4, -0.2) is 70.4 Å². The molecule has 0 bridgehead atoms. The summed E-state index contributed by atoms with van der Waals surface area (Å²) in [6.45, 7) is 9.17. The second-order valence-corrected chi connectivity index (χ2v) is 5.61. The van der Waals surface area contributed by atoms with Crippen LogP contribution in [0.25, 0.3) is 0 Å². The maximum Gasteiger partial charge on any atom is 0.379 e. The van der Waals surface area contributed by atoms with Gasteiger partial charge in [0, 0.05) is 35.3 Å². The van der Waals surface area contributed by atoms with Gasteiger partial charge in [0.25, 0.3) is 17.3 Å². The van der Waals surface area contributed by atoms with Crippen molar-refractivity contribution in [1.29, 1.82) is 0 Å². The van der Waals surface area contributed by atoms with Gasteiger partial charge >= 0.3 is 17.9 Å². The third-order valence-electron chi connectivity index (χ3n) is 2.45. The molecule has 13 heteroatoms. The van der Waals surface area contributed by atoms with E-state index in [9.17, 15) is 28.8 Å². The second kappa shape index (κ2) is 22.7. The molecule has 3 N–H and O–H groups in total. The molecule has 0 aliphatic carbocycles. The van der Waals surface area contributed by atoms with E-state index in [-0.39, 0.29) is 54.2 Å². The van der Waals surface area contributed by atoms with Crippen LogP contribution in [0.5, 0.6) is 0 Å². The zero-order chi connectivity index (χ0) is 26.6. The van der Waals surface area contributed by atoms with Gasteiger partial charge < -0.3 is 29.5 Å². The molecule has 0 unspecified atom stereocenters. The van der Waals surface area contributed by atoms with Crippen LogP contribution in [0, 0.1) is 0 Å². The minimum atomic E-state index is -0.944. The fourth-order valence-corrected chi connectivity index (χ4v) is 1.35. The van der Waals surface area contributed by atoms with Gasteiger partial charge in [0.05, 0.1) is 37.1 Å². The Morgan fingerprint density at radius 1 is 0.529 bits per heavy atom. The van der Waals surface area contributed by atoms with Gasteiger partial charge in [-0.05, 0) is 41.5 Å². The maximum atomic E-state index is 10.6. The molecular formula is C21H30FeO12. The predicted octanol–water partition coefficient (Wildman–Crippen LogP) is 1.74. The molecule has 0 aliphatic heterocycles. The summed E-state index contributed by atoms with van der Waals surface area (Å²) >= 11 is 0. The Morgan fingerprint density at radius 2 is 0.706 bits per heavy atom. The van der Waals surface area contributed by atoms with E-state index in [1.807, 2.05) is 0 Å². The standard InChI is InChI=1S/3C7H10O4.Fe/c3*1-3-11-7(10)6(9)4-5(2)8;/h3*4,8H,3H2,1-2H3;. The number of rotatable bonds is 9. The summed E-state index contributed by atoms with van der Waals surface area (Å²) in [5.74, 6) is -5.97. The van der Waals surface area contributed by atoms with E-state index in [1.54, 1.807) is 20.8 Å². The SMILES string of the molecule is CCOC(=O)C(=O)C=C(C)O.CCOC(=O)C(=O)C=C(C)O.CCOC(=O)C(=O)C=C(C)O.[Fe]. The van der Waals surface area contributed by atoms with Crippen molar-refractivity contribution >= 4 is 35.3 Å². The van der Waals surface area contributed by atoms with E-state index in [2.05, 4.69) is 14.2 Å². The first-order valence-electron chi connectivity index (χ1n) is 9.48. The number of allylic oxidation sites excluding steroid dienone is 3. The van der Waals surface area contributed by atoms with Crippen molar-refractivity contribution in [3.05, 3.63) is 35.5 Å². The van der Waals surface area contributed by atoms with Crippen molar-refractivity contribution in [1.82, 2.24) is 0 Å². The summed E-state index contributed by atoms with van der Waals surface area (Å²) in [6, 6.07) is 0. The molecule has 0 atom stereocenters. The summed E-state index contributed by atoms with van der Waals surface area (Å²) in [4.78, 5) is 63.6. The van der Waals surface area contributed by atoms with Crippen LogP contribution in [-0.2, 0) is 60.0 Å². The van der Waals surface area contributed by atoms with Crippen LogP contribution >= 0.6 is 0 Å². The molecule has 0 radical (unpaired) electrons. The Balaban J connectivity index is -0.000000196. The number of esters is 3. The third-order valence-corrected chi connectivity index (χ3v) is 2.45. The van der Waals surface area contributed by atoms with Crippen molar-refractivity contribution < 1.29 is 75.4 Å². The third kappa shape index (κ3) is 24.8. The van der Waals surface area contributed by atoms with Gasteiger partial charge in [0.15, 0.2) is 0 Å². The Kier molecular flexibility index (Phi) is 25.3. The molecular weight excluding hydrogens is 500 g/mol. The van der Waals surface area contributed by atoms with Crippen molar-refractivity contribution in [3.8, 4) is 0 Å². The first kappa shape index (κ1) is 37.9. The van der Waals surface area contributed by atoms with E-state index in [0.717, 1.165) is 18.2 Å². The number of ether oxygens (including phenoxy) is 3. The molecule has 0 saturated carbocycles. The zero-order valence-electron chi connectivity index (χ0n) is 19.7. The maximum absolute atomic E-state index is 10.6. The Morgan fingerprint density at radius 3 is 0.824 bits per heavy atom. The number of carbonyl (C=O) groups excluding carboxylic acids is 6. The second-order valence-electron chi connectivity index (χ2n) is 5.61. The zero-order valence-corrected chi connectivity index (χ0v) is 20.8. The number of hydrogen-bond acceptors (Lipinski definition) is 12. The Bertz CT molecular complexity index is 677. The Hall–Kier alpha value is -3.44. The number of aliphatic hydroxyl groups excluding tert-OH is 3. The van der Waals surface area contributed by atoms with E-state index in [4.69, 9.17) is 15.3 Å². The monoisotopic (exact) mass is 530 g/mol. The molecule has 0 aliphatic rings. The van der Waals surface area contributed by atoms with Crippen LogP contribution in [0.15, 0.2) is 35.5 Å². The number of carbonyl (C=O) groups is 6. The van der Waals surface area contributed by atoms with E-state index >= 15 is 0 Å². The average Bonchev–Trinajstić information content (AvgIpc) is 2.68. The van der Waals surface area contributed by atoms with Gasteiger partial charge in [-0.3, -0.25) is 14.4 Å². The molecule has 34 heavy (non-hydrogen) atoms. The molecule has 0 aromatic heterocycles. The number of aliphatic hydroxyl groups is 3. The minimum Gasteiger partial charge on any atom is -0.512 e. The van der Waals surface area contributed by atoms with Crippen molar-refractivity contribution in [3.63, 3.8) is 0 Å². The molecule has 194 valence electrons. The van der Waals surface area contributed by atoms with Gasteiger partial charge in [-0.25, -0.2) is 14.4 Å². The molecule has 0 fully saturated rings. The van der Waals surface area contributed by atoms with Crippen LogP contribution in [0.3, 0.4) is 0 Å². The first-order valence-corrected chi connectivity index (χ1v) is 9.48. The van der Waals surface area contributed by atoms with Crippen LogP contribution in [0.4, 0.5) is 0 Å². The molecule has 0 amide bonds. The molecule has 0 saturated heterocycles. The van der Waals surface area contributed by atoms with Crippen LogP contribution in [0.1, 0.15) is 41.5 Å². The largest absolute Gasteiger partial charge is 0.512 e. The summed E-state index contributed by atoms with van der Waals surface area (Å²) in [5, 5.41) is 25.7. The topological polar surface area (TPSA) is 191 Å². The van der Waals surface area contributed by atoms with Gasteiger partial charge in [-0.15, -0.1) is 0 Å². The normalized spacial score (nSPS) is 10.6. The molecule has 0 aromatic carbocycles. The summed E-state index contributed by atoms with van der Waals surface area (Å²) in [5.41, 5.74) is 0. The summed E-state index contributed by atoms with van der Waals surface area (Å²) < 4.78 is 13.1. The van der Waals surface area contributed by atoms with Gasteiger partial charge in [0.1, 0.15) is 0 Å². The summed E-state index contributed by atoms with van der Waals surface area (Å²) in [6.07, 6.45) is 2.45. The van der Waals surface area contributed by atoms with Gasteiger partial charge in [0.2, 0.25) is 0 Å². The van der Waals surface area contributed by atoms with Crippen molar-refractivity contribution in [2.45, 2.75) is 41.5 Å². The van der Waals surface area contributed by atoms with Gasteiger partial charge in [-0.1, -0.05) is 0 Å². The van der Waals surface area contributed by atoms with Crippen molar-refractivity contribution in [2.24, 2.45) is 0 Å². The molecule has 0 rings (SSSR count). The van der Waals surface area contributed by atoms with Crippen LogP contribution in [0.2, 0.25) is 0 Å². The van der Waals surface area contributed by atoms with Crippen molar-refractivity contribution in [2.75, 3.05) is 19.8 Å². The van der Waals surface area contributed by atoms with E-state index in [1.165, 1.54) is 20.8 Å². The molecule has 12 nitrogen and oxygen atoms in total. The van der Waals surface area contributed by atoms with E-state index in [0.29, 0.717) is 0 Å². The average molecular weight is 530 g/mol. The fourth-order valence-electron chi connectivity index (χ4n) is 1.35. The van der Waals surface area contributed by atoms with Crippen LogP contribution < -0.4 is 0 Å². The fraction of sp³-hybridized carbons (Fsp3) is 0.429. The van der Waals surface area contributed by atoms with Gasteiger partial charge in [-0.2, -0.15) is 0 Å². The molecule has 0 aromatic rings. The molecule has 0 heterocycles. The number of ketones is 3. The minimum absolute atomic E-state index is 0. The smallest absolute Gasteiger partial charge is 0.379 e. The predicted molar refractivity (Wildman–Crippen MR) is 114 cm³/mol. The number of hydrogen-bond donors (Lipinski definition) is 3. The molecule has 0 spiro atoms.